The Morgan fingerprint density at radius 3 is 2.52 bits per heavy atom. The quantitative estimate of drug-likeness (QED) is 0.700. The second-order valence-electron chi connectivity index (χ2n) is 6.90. The van der Waals surface area contributed by atoms with E-state index in [-0.39, 0.29) is 18.5 Å². The number of sulfonamides is 1. The summed E-state index contributed by atoms with van der Waals surface area (Å²) >= 11 is 6.33. The average molecular weight is 434 g/mol. The van der Waals surface area contributed by atoms with Gasteiger partial charge in [-0.15, -0.1) is 0 Å². The molecule has 1 amide bonds. The highest BCUT2D eigenvalue weighted by Gasteiger charge is 2.24. The number of nitrogens with one attached hydrogen (secondary N) is 2. The maximum Gasteiger partial charge on any atom is 0.241 e. The number of rotatable bonds is 7. The van der Waals surface area contributed by atoms with Crippen LogP contribution in [0.25, 0.3) is 11.1 Å². The van der Waals surface area contributed by atoms with E-state index in [4.69, 9.17) is 11.6 Å². The Kier molecular flexibility index (Phi) is 6.95. The average Bonchev–Trinajstić information content (AvgIpc) is 2.74. The van der Waals surface area contributed by atoms with Crippen LogP contribution in [0.3, 0.4) is 0 Å². The van der Waals surface area contributed by atoms with Crippen LogP contribution in [0.5, 0.6) is 0 Å². The standard InChI is InChI=1S/C21H24ClN3O3S/c1-2-29(27,28)24-17-10-12-25(13-11-17)21(26)15-23-18-8-9-20(22)19(14-18)16-6-4-3-5-7-16/h2-9,14,17,23-24H,1,10-13,15H2. The first kappa shape index (κ1) is 21.4. The van der Waals surface area contributed by atoms with Gasteiger partial charge in [-0.2, -0.15) is 0 Å². The summed E-state index contributed by atoms with van der Waals surface area (Å²) in [6.45, 7) is 4.49. The number of hydrogen-bond donors (Lipinski definition) is 2. The van der Waals surface area contributed by atoms with Gasteiger partial charge in [-0.3, -0.25) is 4.79 Å². The van der Waals surface area contributed by atoms with Gasteiger partial charge in [-0.05, 0) is 36.6 Å². The van der Waals surface area contributed by atoms with Gasteiger partial charge in [-0.1, -0.05) is 48.5 Å². The molecule has 0 spiro atoms. The van der Waals surface area contributed by atoms with Gasteiger partial charge in [0.1, 0.15) is 0 Å². The Hall–Kier alpha value is -2.35. The smallest absolute Gasteiger partial charge is 0.241 e. The number of anilines is 1. The maximum absolute atomic E-state index is 12.5. The number of halogens is 1. The zero-order valence-corrected chi connectivity index (χ0v) is 17.5. The maximum atomic E-state index is 12.5. The molecule has 1 aliphatic heterocycles. The normalized spacial score (nSPS) is 15.1. The van der Waals surface area contributed by atoms with Crippen molar-refractivity contribution in [2.75, 3.05) is 25.0 Å². The van der Waals surface area contributed by atoms with E-state index < -0.39 is 10.0 Å². The number of carbonyl (C=O) groups excluding carboxylic acids is 1. The van der Waals surface area contributed by atoms with Crippen LogP contribution in [0, 0.1) is 0 Å². The Morgan fingerprint density at radius 2 is 1.86 bits per heavy atom. The van der Waals surface area contributed by atoms with E-state index in [1.165, 1.54) is 0 Å². The van der Waals surface area contributed by atoms with E-state index in [9.17, 15) is 13.2 Å². The molecule has 0 bridgehead atoms. The molecule has 2 aromatic carbocycles. The molecular weight excluding hydrogens is 410 g/mol. The van der Waals surface area contributed by atoms with Gasteiger partial charge < -0.3 is 10.2 Å². The van der Waals surface area contributed by atoms with Gasteiger partial charge >= 0.3 is 0 Å². The van der Waals surface area contributed by atoms with Crippen molar-refractivity contribution in [2.24, 2.45) is 0 Å². The van der Waals surface area contributed by atoms with E-state index in [0.29, 0.717) is 31.0 Å². The fraction of sp³-hybridized carbons (Fsp3) is 0.286. The molecule has 0 aromatic heterocycles. The number of amides is 1. The lowest BCUT2D eigenvalue weighted by Crippen LogP contribution is -2.47. The highest BCUT2D eigenvalue weighted by molar-refractivity contribution is 7.92. The molecule has 1 fully saturated rings. The number of hydrogen-bond acceptors (Lipinski definition) is 4. The van der Waals surface area contributed by atoms with Crippen molar-refractivity contribution in [1.29, 1.82) is 0 Å². The van der Waals surface area contributed by atoms with Gasteiger partial charge in [-0.25, -0.2) is 13.1 Å². The van der Waals surface area contributed by atoms with Gasteiger partial charge in [0.2, 0.25) is 15.9 Å². The molecule has 1 saturated heterocycles. The van der Waals surface area contributed by atoms with Crippen LogP contribution in [0.4, 0.5) is 5.69 Å². The summed E-state index contributed by atoms with van der Waals surface area (Å²) in [5.74, 6) is -0.0220. The van der Waals surface area contributed by atoms with Crippen molar-refractivity contribution in [3.05, 3.63) is 65.5 Å². The molecule has 0 unspecified atom stereocenters. The van der Waals surface area contributed by atoms with Gasteiger partial charge in [0, 0.05) is 40.8 Å². The van der Waals surface area contributed by atoms with E-state index in [1.807, 2.05) is 48.5 Å². The van der Waals surface area contributed by atoms with Crippen molar-refractivity contribution < 1.29 is 13.2 Å². The molecule has 1 aliphatic rings. The lowest BCUT2D eigenvalue weighted by atomic mass is 10.0. The number of nitrogens with zero attached hydrogens (tertiary/aromatic N) is 1. The van der Waals surface area contributed by atoms with Crippen molar-refractivity contribution in [1.82, 2.24) is 9.62 Å². The Balaban J connectivity index is 1.55. The Bertz CT molecular complexity index is 972. The molecule has 6 nitrogen and oxygen atoms in total. The minimum Gasteiger partial charge on any atom is -0.376 e. The highest BCUT2D eigenvalue weighted by atomic mass is 35.5. The topological polar surface area (TPSA) is 78.5 Å². The fourth-order valence-electron chi connectivity index (χ4n) is 3.29. The van der Waals surface area contributed by atoms with Crippen molar-refractivity contribution in [3.63, 3.8) is 0 Å². The number of carbonyl (C=O) groups is 1. The summed E-state index contributed by atoms with van der Waals surface area (Å²) in [4.78, 5) is 14.3. The predicted molar refractivity (Wildman–Crippen MR) is 117 cm³/mol. The first-order valence-corrected chi connectivity index (χ1v) is 11.3. The van der Waals surface area contributed by atoms with Crippen LogP contribution < -0.4 is 10.0 Å². The van der Waals surface area contributed by atoms with Gasteiger partial charge in [0.15, 0.2) is 0 Å². The summed E-state index contributed by atoms with van der Waals surface area (Å²) in [5, 5.41) is 4.72. The SMILES string of the molecule is C=CS(=O)(=O)NC1CCN(C(=O)CNc2ccc(Cl)c(-c3ccccc3)c2)CC1. The molecule has 0 aliphatic carbocycles. The van der Waals surface area contributed by atoms with E-state index in [2.05, 4.69) is 16.6 Å². The largest absolute Gasteiger partial charge is 0.376 e. The Morgan fingerprint density at radius 1 is 1.17 bits per heavy atom. The molecule has 154 valence electrons. The molecule has 0 atom stereocenters. The first-order valence-electron chi connectivity index (χ1n) is 9.39. The fourth-order valence-corrected chi connectivity index (χ4v) is 4.31. The predicted octanol–water partition coefficient (Wildman–Crippen LogP) is 3.47. The molecule has 0 saturated carbocycles. The van der Waals surface area contributed by atoms with E-state index >= 15 is 0 Å². The minimum atomic E-state index is -3.45. The van der Waals surface area contributed by atoms with E-state index in [1.54, 1.807) is 4.90 Å². The third kappa shape index (κ3) is 5.82. The molecule has 2 N–H and O–H groups in total. The zero-order valence-electron chi connectivity index (χ0n) is 16.0. The Labute approximate surface area is 176 Å². The van der Waals surface area contributed by atoms with Crippen molar-refractivity contribution in [3.8, 4) is 11.1 Å². The number of likely N-dealkylation sites (tertiary alicyclic amines) is 1. The molecule has 29 heavy (non-hydrogen) atoms. The molecule has 8 heteroatoms. The summed E-state index contributed by atoms with van der Waals surface area (Å²) < 4.78 is 25.7. The lowest BCUT2D eigenvalue weighted by Gasteiger charge is -2.32. The third-order valence-corrected chi connectivity index (χ3v) is 6.32. The summed E-state index contributed by atoms with van der Waals surface area (Å²) in [6.07, 6.45) is 1.16. The molecule has 0 radical (unpaired) electrons. The lowest BCUT2D eigenvalue weighted by molar-refractivity contribution is -0.130. The van der Waals surface area contributed by atoms with Crippen LogP contribution in [-0.2, 0) is 14.8 Å². The van der Waals surface area contributed by atoms with Gasteiger partial charge in [0.25, 0.3) is 0 Å². The van der Waals surface area contributed by atoms with Crippen LogP contribution in [0.1, 0.15) is 12.8 Å². The monoisotopic (exact) mass is 433 g/mol. The van der Waals surface area contributed by atoms with Crippen molar-refractivity contribution in [2.45, 2.75) is 18.9 Å². The van der Waals surface area contributed by atoms with Crippen LogP contribution in [-0.4, -0.2) is 44.9 Å². The van der Waals surface area contributed by atoms with Crippen LogP contribution in [0.2, 0.25) is 5.02 Å². The van der Waals surface area contributed by atoms with Crippen molar-refractivity contribution >= 4 is 33.2 Å². The highest BCUT2D eigenvalue weighted by Crippen LogP contribution is 2.30. The second kappa shape index (κ2) is 9.43. The summed E-state index contributed by atoms with van der Waals surface area (Å²) in [7, 11) is -3.45. The first-order chi connectivity index (χ1) is 13.9. The summed E-state index contributed by atoms with van der Waals surface area (Å²) in [5.41, 5.74) is 2.73. The number of benzene rings is 2. The van der Waals surface area contributed by atoms with Crippen LogP contribution in [0.15, 0.2) is 60.5 Å². The number of piperidine rings is 1. The van der Waals surface area contributed by atoms with Crippen LogP contribution >= 0.6 is 11.6 Å². The molecular formula is C21H24ClN3O3S. The van der Waals surface area contributed by atoms with E-state index in [0.717, 1.165) is 22.2 Å². The molecule has 2 aromatic rings. The minimum absolute atomic E-state index is 0.0220. The second-order valence-corrected chi connectivity index (χ2v) is 8.97. The molecule has 1 heterocycles. The summed E-state index contributed by atoms with van der Waals surface area (Å²) in [6, 6.07) is 15.3. The molecule has 3 rings (SSSR count). The van der Waals surface area contributed by atoms with Gasteiger partial charge in [0.05, 0.1) is 6.54 Å². The third-order valence-electron chi connectivity index (χ3n) is 4.89. The zero-order chi connectivity index (χ0) is 20.9.